The van der Waals surface area contributed by atoms with Gasteiger partial charge in [-0.05, 0) is 29.8 Å². The second-order valence-electron chi connectivity index (χ2n) is 3.80. The van der Waals surface area contributed by atoms with E-state index in [9.17, 15) is 4.79 Å². The van der Waals surface area contributed by atoms with Crippen molar-refractivity contribution in [3.05, 3.63) is 60.2 Å². The van der Waals surface area contributed by atoms with Crippen LogP contribution in [0, 0.1) is 0 Å². The predicted molar refractivity (Wildman–Crippen MR) is 67.5 cm³/mol. The first kappa shape index (κ1) is 12.1. The first-order valence-corrected chi connectivity index (χ1v) is 5.48. The van der Waals surface area contributed by atoms with Crippen molar-refractivity contribution < 1.29 is 14.6 Å². The molecule has 92 valence electrons. The first-order chi connectivity index (χ1) is 8.66. The number of benzene rings is 2. The summed E-state index contributed by atoms with van der Waals surface area (Å²) in [6, 6.07) is 15.0. The van der Waals surface area contributed by atoms with Crippen molar-refractivity contribution in [2.24, 2.45) is 5.73 Å². The van der Waals surface area contributed by atoms with Crippen molar-refractivity contribution in [3.63, 3.8) is 0 Å². The third-order valence-corrected chi connectivity index (χ3v) is 2.48. The van der Waals surface area contributed by atoms with Crippen LogP contribution in [0.3, 0.4) is 0 Å². The lowest BCUT2D eigenvalue weighted by molar-refractivity contribution is -0.138. The summed E-state index contributed by atoms with van der Waals surface area (Å²) in [6.07, 6.45) is 0. The van der Waals surface area contributed by atoms with Crippen molar-refractivity contribution in [1.82, 2.24) is 0 Å². The summed E-state index contributed by atoms with van der Waals surface area (Å²) in [6.45, 7) is 0. The van der Waals surface area contributed by atoms with E-state index in [1.165, 1.54) is 0 Å². The molecule has 3 N–H and O–H groups in total. The molecule has 0 aromatic heterocycles. The van der Waals surface area contributed by atoms with E-state index >= 15 is 0 Å². The number of rotatable bonds is 4. The Kier molecular flexibility index (Phi) is 3.60. The molecular weight excluding hydrogens is 230 g/mol. The quantitative estimate of drug-likeness (QED) is 0.865. The molecule has 0 bridgehead atoms. The zero-order chi connectivity index (χ0) is 13.0. The van der Waals surface area contributed by atoms with E-state index in [0.29, 0.717) is 11.3 Å². The van der Waals surface area contributed by atoms with E-state index in [0.717, 1.165) is 5.75 Å². The zero-order valence-corrected chi connectivity index (χ0v) is 9.61. The number of para-hydroxylation sites is 1. The van der Waals surface area contributed by atoms with Crippen molar-refractivity contribution in [2.45, 2.75) is 6.04 Å². The fourth-order valence-electron chi connectivity index (χ4n) is 1.51. The minimum Gasteiger partial charge on any atom is -0.480 e. The average Bonchev–Trinajstić information content (AvgIpc) is 2.40. The van der Waals surface area contributed by atoms with E-state index in [1.807, 2.05) is 30.3 Å². The number of carboxylic acid groups (broad SMARTS) is 1. The molecular formula is C14H13NO3. The van der Waals surface area contributed by atoms with Gasteiger partial charge >= 0.3 is 5.97 Å². The fraction of sp³-hybridized carbons (Fsp3) is 0.0714. The molecule has 0 spiro atoms. The zero-order valence-electron chi connectivity index (χ0n) is 9.61. The Morgan fingerprint density at radius 1 is 1.00 bits per heavy atom. The summed E-state index contributed by atoms with van der Waals surface area (Å²) in [7, 11) is 0. The van der Waals surface area contributed by atoms with Crippen LogP contribution in [0.1, 0.15) is 11.6 Å². The summed E-state index contributed by atoms with van der Waals surface area (Å²) >= 11 is 0. The Balaban J connectivity index is 2.11. The Morgan fingerprint density at radius 2 is 1.56 bits per heavy atom. The molecule has 0 aliphatic rings. The maximum Gasteiger partial charge on any atom is 0.325 e. The van der Waals surface area contributed by atoms with Gasteiger partial charge in [-0.1, -0.05) is 30.3 Å². The number of ether oxygens (including phenoxy) is 1. The van der Waals surface area contributed by atoms with E-state index in [1.54, 1.807) is 24.3 Å². The summed E-state index contributed by atoms with van der Waals surface area (Å²) in [5, 5.41) is 8.78. The topological polar surface area (TPSA) is 72.6 Å². The smallest absolute Gasteiger partial charge is 0.325 e. The summed E-state index contributed by atoms with van der Waals surface area (Å²) in [5.74, 6) is 0.321. The lowest BCUT2D eigenvalue weighted by atomic mass is 10.1. The van der Waals surface area contributed by atoms with Gasteiger partial charge in [-0.15, -0.1) is 0 Å². The number of carbonyl (C=O) groups is 1. The van der Waals surface area contributed by atoms with Crippen molar-refractivity contribution in [2.75, 3.05) is 0 Å². The molecule has 2 aromatic rings. The van der Waals surface area contributed by atoms with Gasteiger partial charge < -0.3 is 15.6 Å². The highest BCUT2D eigenvalue weighted by molar-refractivity contribution is 5.75. The number of nitrogens with two attached hydrogens (primary N) is 1. The molecule has 2 rings (SSSR count). The van der Waals surface area contributed by atoms with Gasteiger partial charge in [-0.3, -0.25) is 4.79 Å². The van der Waals surface area contributed by atoms with Crippen LogP contribution < -0.4 is 10.5 Å². The molecule has 2 aromatic carbocycles. The average molecular weight is 243 g/mol. The Labute approximate surface area is 105 Å². The number of hydrogen-bond donors (Lipinski definition) is 2. The normalized spacial score (nSPS) is 11.8. The molecule has 0 amide bonds. The Hall–Kier alpha value is -2.33. The monoisotopic (exact) mass is 243 g/mol. The molecule has 0 saturated carbocycles. The fourth-order valence-corrected chi connectivity index (χ4v) is 1.51. The van der Waals surface area contributed by atoms with Crippen LogP contribution >= 0.6 is 0 Å². The molecule has 0 unspecified atom stereocenters. The van der Waals surface area contributed by atoms with Gasteiger partial charge in [-0.2, -0.15) is 0 Å². The van der Waals surface area contributed by atoms with Crippen LogP contribution in [-0.2, 0) is 4.79 Å². The summed E-state index contributed by atoms with van der Waals surface area (Å²) < 4.78 is 5.59. The minimum atomic E-state index is -1.05. The van der Waals surface area contributed by atoms with Gasteiger partial charge in [0.1, 0.15) is 17.5 Å². The molecule has 1 atom stereocenters. The molecule has 4 nitrogen and oxygen atoms in total. The van der Waals surface area contributed by atoms with Crippen LogP contribution in [0.4, 0.5) is 0 Å². The molecule has 0 fully saturated rings. The van der Waals surface area contributed by atoms with Gasteiger partial charge in [0.25, 0.3) is 0 Å². The maximum absolute atomic E-state index is 10.7. The highest BCUT2D eigenvalue weighted by Crippen LogP contribution is 2.22. The number of aliphatic carboxylic acids is 1. The third-order valence-electron chi connectivity index (χ3n) is 2.48. The lowest BCUT2D eigenvalue weighted by Crippen LogP contribution is -2.20. The van der Waals surface area contributed by atoms with Crippen LogP contribution in [0.15, 0.2) is 54.6 Å². The molecule has 0 aliphatic heterocycles. The van der Waals surface area contributed by atoms with Gasteiger partial charge in [-0.25, -0.2) is 0 Å². The summed E-state index contributed by atoms with van der Waals surface area (Å²) in [4.78, 5) is 10.7. The third kappa shape index (κ3) is 2.87. The molecule has 0 aliphatic carbocycles. The van der Waals surface area contributed by atoms with Crippen molar-refractivity contribution >= 4 is 5.97 Å². The van der Waals surface area contributed by atoms with Crippen LogP contribution in [0.2, 0.25) is 0 Å². The minimum absolute atomic E-state index is 0.544. The van der Waals surface area contributed by atoms with E-state index < -0.39 is 12.0 Å². The second-order valence-corrected chi connectivity index (χ2v) is 3.80. The first-order valence-electron chi connectivity index (χ1n) is 5.48. The van der Waals surface area contributed by atoms with Crippen molar-refractivity contribution in [3.8, 4) is 11.5 Å². The molecule has 0 heterocycles. The van der Waals surface area contributed by atoms with Crippen LogP contribution in [0.5, 0.6) is 11.5 Å². The highest BCUT2D eigenvalue weighted by atomic mass is 16.5. The van der Waals surface area contributed by atoms with Crippen LogP contribution in [0.25, 0.3) is 0 Å². The van der Waals surface area contributed by atoms with Gasteiger partial charge in [0.05, 0.1) is 0 Å². The summed E-state index contributed by atoms with van der Waals surface area (Å²) in [5.41, 5.74) is 6.04. The van der Waals surface area contributed by atoms with Crippen LogP contribution in [-0.4, -0.2) is 11.1 Å². The molecule has 18 heavy (non-hydrogen) atoms. The molecule has 4 heteroatoms. The van der Waals surface area contributed by atoms with E-state index in [-0.39, 0.29) is 0 Å². The SMILES string of the molecule is N[C@H](C(=O)O)c1ccc(Oc2ccccc2)cc1. The lowest BCUT2D eigenvalue weighted by Gasteiger charge is -2.09. The largest absolute Gasteiger partial charge is 0.480 e. The number of carboxylic acids is 1. The number of hydrogen-bond acceptors (Lipinski definition) is 3. The van der Waals surface area contributed by atoms with Gasteiger partial charge in [0.2, 0.25) is 0 Å². The molecule has 0 radical (unpaired) electrons. The van der Waals surface area contributed by atoms with Crippen molar-refractivity contribution in [1.29, 1.82) is 0 Å². The molecule has 0 saturated heterocycles. The predicted octanol–water partition coefficient (Wildman–Crippen LogP) is 2.56. The second kappa shape index (κ2) is 5.33. The van der Waals surface area contributed by atoms with E-state index in [4.69, 9.17) is 15.6 Å². The standard InChI is InChI=1S/C14H13NO3/c15-13(14(16)17)10-6-8-12(9-7-10)18-11-4-2-1-3-5-11/h1-9,13H,15H2,(H,16,17)/t13-/m0/s1. The highest BCUT2D eigenvalue weighted by Gasteiger charge is 2.13. The van der Waals surface area contributed by atoms with Gasteiger partial charge in [0.15, 0.2) is 0 Å². The van der Waals surface area contributed by atoms with E-state index in [2.05, 4.69) is 0 Å². The Bertz CT molecular complexity index is 522. The maximum atomic E-state index is 10.7. The Morgan fingerprint density at radius 3 is 2.11 bits per heavy atom. The van der Waals surface area contributed by atoms with Gasteiger partial charge in [0, 0.05) is 0 Å².